The van der Waals surface area contributed by atoms with Crippen LogP contribution < -0.4 is 0 Å². The maximum atomic E-state index is 13.2. The molecule has 0 unspecified atom stereocenters. The van der Waals surface area contributed by atoms with Crippen molar-refractivity contribution in [1.82, 2.24) is 5.06 Å². The van der Waals surface area contributed by atoms with E-state index in [0.717, 1.165) is 103 Å². The second-order valence-corrected chi connectivity index (χ2v) is 17.6. The van der Waals surface area contributed by atoms with E-state index < -0.39 is 54.1 Å². The highest BCUT2D eigenvalue weighted by Gasteiger charge is 2.24. The molecule has 0 saturated heterocycles. The van der Waals surface area contributed by atoms with E-state index in [-0.39, 0.29) is 77.8 Å². The fourth-order valence-electron chi connectivity index (χ4n) is 7.06. The Hall–Kier alpha value is -3.26. The summed E-state index contributed by atoms with van der Waals surface area (Å²) in [5.41, 5.74) is 0. The average molecular weight is 928 g/mol. The number of carbonyl (C=O) groups excluding carboxylic acids is 6. The summed E-state index contributed by atoms with van der Waals surface area (Å²) in [4.78, 5) is 82.3. The molecule has 0 saturated carbocycles. The first-order valence-corrected chi connectivity index (χ1v) is 25.8. The fraction of sp³-hybridized carbons (Fsp3) is 0.882. The molecule has 0 aromatic carbocycles. The second kappa shape index (κ2) is 44.6. The van der Waals surface area contributed by atoms with Crippen LogP contribution in [0.3, 0.4) is 0 Å². The molecule has 0 aromatic rings. The van der Waals surface area contributed by atoms with Crippen LogP contribution >= 0.6 is 0 Å². The normalized spacial score (nSPS) is 11.4. The monoisotopic (exact) mass is 928 g/mol. The zero-order chi connectivity index (χ0) is 48.2. The summed E-state index contributed by atoms with van der Waals surface area (Å²) >= 11 is 0. The van der Waals surface area contributed by atoms with Gasteiger partial charge in [-0.15, -0.1) is 0 Å². The summed E-state index contributed by atoms with van der Waals surface area (Å²) in [5, 5.41) is 1.48. The summed E-state index contributed by atoms with van der Waals surface area (Å²) in [6, 6.07) is 0. The van der Waals surface area contributed by atoms with Crippen molar-refractivity contribution >= 4 is 35.8 Å². The number of hydrogen-bond acceptors (Lipinski definition) is 14. The van der Waals surface area contributed by atoms with Gasteiger partial charge >= 0.3 is 35.8 Å². The van der Waals surface area contributed by atoms with E-state index in [4.69, 9.17) is 33.3 Å². The molecule has 0 amide bonds. The average Bonchev–Trinajstić information content (AvgIpc) is 3.28. The Morgan fingerprint density at radius 1 is 0.323 bits per heavy atom. The maximum Gasteiger partial charge on any atom is 0.306 e. The summed E-state index contributed by atoms with van der Waals surface area (Å²) in [6.07, 6.45) is 23.3. The minimum atomic E-state index is -0.982. The zero-order valence-electron chi connectivity index (χ0n) is 41.9. The first-order valence-electron chi connectivity index (χ1n) is 25.8. The van der Waals surface area contributed by atoms with E-state index in [1.807, 2.05) is 0 Å². The SMILES string of the molecule is CCCCCCCCC(=O)OCC(COC(=O)CCCCCCCC)OC(=O)CCC(CCC(=O)OC(COC(=O)CCCCCCCC)COC(=O)CCCCCCCC)ON(C)C. The van der Waals surface area contributed by atoms with Crippen molar-refractivity contribution < 1.29 is 62.0 Å². The molecule has 0 bridgehead atoms. The summed E-state index contributed by atoms with van der Waals surface area (Å²) in [6.45, 7) is 7.66. The number of carbonyl (C=O) groups is 6. The van der Waals surface area contributed by atoms with Crippen molar-refractivity contribution in [3.63, 3.8) is 0 Å². The first-order chi connectivity index (χ1) is 31.4. The van der Waals surface area contributed by atoms with Crippen LogP contribution in [0.25, 0.3) is 0 Å². The molecular weight excluding hydrogens is 835 g/mol. The van der Waals surface area contributed by atoms with Gasteiger partial charge < -0.3 is 28.4 Å². The van der Waals surface area contributed by atoms with Gasteiger partial charge in [0, 0.05) is 52.6 Å². The highest BCUT2D eigenvalue weighted by Crippen LogP contribution is 2.16. The molecule has 0 rings (SSSR count). The van der Waals surface area contributed by atoms with Crippen LogP contribution in [-0.2, 0) is 62.0 Å². The topological polar surface area (TPSA) is 170 Å². The van der Waals surface area contributed by atoms with Crippen LogP contribution in [-0.4, -0.2) is 99.7 Å². The van der Waals surface area contributed by atoms with Crippen LogP contribution in [0.5, 0.6) is 0 Å². The predicted octanol–water partition coefficient (Wildman–Crippen LogP) is 11.4. The molecule has 0 heterocycles. The third-order valence-corrected chi connectivity index (χ3v) is 11.0. The lowest BCUT2D eigenvalue weighted by Gasteiger charge is -2.23. The molecule has 65 heavy (non-hydrogen) atoms. The number of rotatable bonds is 46. The van der Waals surface area contributed by atoms with Crippen molar-refractivity contribution in [3.8, 4) is 0 Å². The first kappa shape index (κ1) is 61.7. The van der Waals surface area contributed by atoms with E-state index in [1.165, 1.54) is 30.7 Å². The maximum absolute atomic E-state index is 13.2. The molecular formula is C51H93NO13. The molecule has 0 aliphatic carbocycles. The molecule has 0 spiro atoms. The van der Waals surface area contributed by atoms with Gasteiger partial charge in [0.25, 0.3) is 0 Å². The highest BCUT2D eigenvalue weighted by molar-refractivity contribution is 5.72. The van der Waals surface area contributed by atoms with Gasteiger partial charge in [-0.1, -0.05) is 156 Å². The van der Waals surface area contributed by atoms with Gasteiger partial charge in [0.1, 0.15) is 26.4 Å². The number of esters is 6. The third kappa shape index (κ3) is 41.9. The van der Waals surface area contributed by atoms with Crippen LogP contribution in [0.4, 0.5) is 0 Å². The predicted molar refractivity (Wildman–Crippen MR) is 253 cm³/mol. The van der Waals surface area contributed by atoms with E-state index in [2.05, 4.69) is 27.7 Å². The van der Waals surface area contributed by atoms with E-state index in [0.29, 0.717) is 25.7 Å². The zero-order valence-corrected chi connectivity index (χ0v) is 41.9. The van der Waals surface area contributed by atoms with Gasteiger partial charge in [0.05, 0.1) is 6.10 Å². The van der Waals surface area contributed by atoms with E-state index >= 15 is 0 Å². The van der Waals surface area contributed by atoms with Crippen molar-refractivity contribution in [2.45, 2.75) is 251 Å². The van der Waals surface area contributed by atoms with Crippen molar-refractivity contribution in [1.29, 1.82) is 0 Å². The fourth-order valence-corrected chi connectivity index (χ4v) is 7.06. The largest absolute Gasteiger partial charge is 0.462 e. The molecule has 380 valence electrons. The van der Waals surface area contributed by atoms with Gasteiger partial charge in [-0.25, -0.2) is 0 Å². The number of unbranched alkanes of at least 4 members (excludes halogenated alkanes) is 20. The van der Waals surface area contributed by atoms with E-state index in [1.54, 1.807) is 14.1 Å². The Balaban J connectivity index is 5.36. The molecule has 0 fully saturated rings. The molecule has 0 atom stereocenters. The molecule has 0 aliphatic heterocycles. The molecule has 0 radical (unpaired) electrons. The summed E-state index contributed by atoms with van der Waals surface area (Å²) < 4.78 is 33.2. The number of ether oxygens (including phenoxy) is 6. The quantitative estimate of drug-likeness (QED) is 0.0244. The minimum absolute atomic E-state index is 0.0901. The number of hydrogen-bond donors (Lipinski definition) is 0. The van der Waals surface area contributed by atoms with Gasteiger partial charge in [-0.2, -0.15) is 5.06 Å². The Kier molecular flexibility index (Phi) is 42.3. The standard InChI is InChI=1S/C51H93NO13/c1-7-11-15-19-23-27-31-46(53)59-39-44(40-60-47(54)32-28-24-20-16-12-8-2)63-50(57)37-35-43(65-52(5)6)36-38-51(58)64-45(41-61-48(55)33-29-25-21-17-13-9-3)42-62-49(56)34-30-26-22-18-14-10-4/h43-45H,7-42H2,1-6H3. The highest BCUT2D eigenvalue weighted by atomic mass is 16.7. The van der Waals surface area contributed by atoms with Crippen LogP contribution in [0.15, 0.2) is 0 Å². The Morgan fingerprint density at radius 2 is 0.569 bits per heavy atom. The second-order valence-electron chi connectivity index (χ2n) is 17.6. The number of hydroxylamine groups is 2. The van der Waals surface area contributed by atoms with E-state index in [9.17, 15) is 28.8 Å². The number of nitrogens with zero attached hydrogens (tertiary/aromatic N) is 1. The van der Waals surface area contributed by atoms with Crippen molar-refractivity contribution in [2.24, 2.45) is 0 Å². The minimum Gasteiger partial charge on any atom is -0.462 e. The summed E-state index contributed by atoms with van der Waals surface area (Å²) in [7, 11) is 3.38. The molecule has 14 nitrogen and oxygen atoms in total. The van der Waals surface area contributed by atoms with Gasteiger partial charge in [0.15, 0.2) is 12.2 Å². The van der Waals surface area contributed by atoms with Crippen LogP contribution in [0.2, 0.25) is 0 Å². The summed E-state index contributed by atoms with van der Waals surface area (Å²) in [5.74, 6) is -2.79. The lowest BCUT2D eigenvalue weighted by molar-refractivity contribution is -0.179. The van der Waals surface area contributed by atoms with Crippen molar-refractivity contribution in [3.05, 3.63) is 0 Å². The van der Waals surface area contributed by atoms with Crippen LogP contribution in [0.1, 0.15) is 233 Å². The molecule has 0 aromatic heterocycles. The van der Waals surface area contributed by atoms with Gasteiger partial charge in [-0.3, -0.25) is 33.6 Å². The Labute approximate surface area is 393 Å². The van der Waals surface area contributed by atoms with Gasteiger partial charge in [0.2, 0.25) is 0 Å². The Morgan fingerprint density at radius 3 is 0.815 bits per heavy atom. The smallest absolute Gasteiger partial charge is 0.306 e. The third-order valence-electron chi connectivity index (χ3n) is 11.0. The van der Waals surface area contributed by atoms with Crippen LogP contribution in [0, 0.1) is 0 Å². The molecule has 14 heteroatoms. The van der Waals surface area contributed by atoms with Crippen molar-refractivity contribution in [2.75, 3.05) is 40.5 Å². The Bertz CT molecular complexity index is 1060. The lowest BCUT2D eigenvalue weighted by atomic mass is 10.1. The molecule has 0 N–H and O–H groups in total. The van der Waals surface area contributed by atoms with Gasteiger partial charge in [-0.05, 0) is 38.5 Å². The molecule has 0 aliphatic rings. The lowest BCUT2D eigenvalue weighted by Crippen LogP contribution is -2.32.